The number of hydrogen-bond donors (Lipinski definition) is 0. The van der Waals surface area contributed by atoms with E-state index in [9.17, 15) is 9.59 Å². The van der Waals surface area contributed by atoms with Gasteiger partial charge < -0.3 is 9.16 Å². The number of carbonyl (C=O) groups is 2. The molecule has 0 spiro atoms. The molecule has 0 saturated heterocycles. The first kappa shape index (κ1) is 25.0. The Hall–Kier alpha value is -2.06. The quantitative estimate of drug-likeness (QED) is 0.356. The van der Waals surface area contributed by atoms with Gasteiger partial charge >= 0.3 is 5.97 Å². The number of rotatable bonds is 5. The molecule has 0 aromatic heterocycles. The molecule has 1 aromatic carbocycles. The van der Waals surface area contributed by atoms with Crippen molar-refractivity contribution >= 4 is 20.1 Å². The minimum atomic E-state index is -1.95. The Morgan fingerprint density at radius 2 is 1.59 bits per heavy atom. The van der Waals surface area contributed by atoms with E-state index in [1.54, 1.807) is 13.8 Å². The molecule has 0 N–H and O–H groups in total. The molecule has 0 atom stereocenters. The largest absolute Gasteiger partial charge is 0.543 e. The summed E-state index contributed by atoms with van der Waals surface area (Å²) < 4.78 is 11.5. The Balaban J connectivity index is 2.81. The van der Waals surface area contributed by atoms with Crippen LogP contribution in [0.1, 0.15) is 61.0 Å². The summed E-state index contributed by atoms with van der Waals surface area (Å²) in [5.41, 5.74) is -0.568. The van der Waals surface area contributed by atoms with Crippen LogP contribution < -0.4 is 4.43 Å². The average molecular weight is 417 g/mol. The normalized spacial score (nSPS) is 12.6. The Morgan fingerprint density at radius 3 is 2.10 bits per heavy atom. The maximum atomic E-state index is 12.5. The Kier molecular flexibility index (Phi) is 7.53. The van der Waals surface area contributed by atoms with E-state index in [1.165, 1.54) is 0 Å². The van der Waals surface area contributed by atoms with Crippen LogP contribution in [0.5, 0.6) is 5.75 Å². The SMILES string of the molecule is CC(C)(C)C(=O)C(C)(C)COC(=O)C#Cc1cccc(O[Si](C)(C)C(C)(C)C)c1. The van der Waals surface area contributed by atoms with Crippen LogP contribution in [0.15, 0.2) is 24.3 Å². The number of carbonyl (C=O) groups excluding carboxylic acids is 2. The summed E-state index contributed by atoms with van der Waals surface area (Å²) in [4.78, 5) is 24.5. The summed E-state index contributed by atoms with van der Waals surface area (Å²) in [6, 6.07) is 7.44. The van der Waals surface area contributed by atoms with Crippen LogP contribution in [-0.2, 0) is 14.3 Å². The van der Waals surface area contributed by atoms with E-state index < -0.39 is 25.1 Å². The highest BCUT2D eigenvalue weighted by Gasteiger charge is 2.39. The molecule has 0 aliphatic carbocycles. The lowest BCUT2D eigenvalue weighted by Gasteiger charge is -2.36. The molecule has 0 aliphatic rings. The van der Waals surface area contributed by atoms with Crippen LogP contribution in [0.3, 0.4) is 0 Å². The van der Waals surface area contributed by atoms with Crippen molar-refractivity contribution in [1.29, 1.82) is 0 Å². The van der Waals surface area contributed by atoms with Crippen molar-refractivity contribution in [3.05, 3.63) is 29.8 Å². The summed E-state index contributed by atoms with van der Waals surface area (Å²) in [5.74, 6) is 5.49. The second-order valence-electron chi connectivity index (χ2n) is 10.7. The van der Waals surface area contributed by atoms with Gasteiger partial charge in [-0.25, -0.2) is 4.79 Å². The number of hydrogen-bond acceptors (Lipinski definition) is 4. The maximum Gasteiger partial charge on any atom is 0.384 e. The van der Waals surface area contributed by atoms with Gasteiger partial charge in [-0.3, -0.25) is 4.79 Å². The molecule has 0 bridgehead atoms. The molecular weight excluding hydrogens is 380 g/mol. The highest BCUT2D eigenvalue weighted by atomic mass is 28.4. The van der Waals surface area contributed by atoms with Gasteiger partial charge in [0.1, 0.15) is 18.1 Å². The lowest BCUT2D eigenvalue weighted by atomic mass is 9.75. The first-order chi connectivity index (χ1) is 13.0. The van der Waals surface area contributed by atoms with Crippen LogP contribution in [0.2, 0.25) is 18.1 Å². The number of benzene rings is 1. The Labute approximate surface area is 177 Å². The number of esters is 1. The minimum absolute atomic E-state index is 0.00510. The summed E-state index contributed by atoms with van der Waals surface area (Å²) >= 11 is 0. The first-order valence-corrected chi connectivity index (χ1v) is 12.9. The Morgan fingerprint density at radius 1 is 1.00 bits per heavy atom. The van der Waals surface area contributed by atoms with Gasteiger partial charge in [0.15, 0.2) is 0 Å². The van der Waals surface area contributed by atoms with Crippen molar-refractivity contribution in [2.75, 3.05) is 6.61 Å². The maximum absolute atomic E-state index is 12.5. The second-order valence-corrected chi connectivity index (χ2v) is 15.4. The molecular formula is C24H36O4Si. The molecule has 0 heterocycles. The third-order valence-corrected chi connectivity index (χ3v) is 9.54. The lowest BCUT2D eigenvalue weighted by molar-refractivity contribution is -0.146. The molecule has 0 aliphatic heterocycles. The van der Waals surface area contributed by atoms with Crippen molar-refractivity contribution in [1.82, 2.24) is 0 Å². The summed E-state index contributed by atoms with van der Waals surface area (Å²) in [5, 5.41) is 0.0930. The minimum Gasteiger partial charge on any atom is -0.543 e. The molecule has 1 aromatic rings. The van der Waals surface area contributed by atoms with E-state index in [4.69, 9.17) is 9.16 Å². The number of ketones is 1. The molecule has 29 heavy (non-hydrogen) atoms. The van der Waals surface area contributed by atoms with Crippen LogP contribution in [0, 0.1) is 22.7 Å². The molecule has 1 rings (SSSR count). The fourth-order valence-corrected chi connectivity index (χ4v) is 3.59. The summed E-state index contributed by atoms with van der Waals surface area (Å²) in [6.45, 7) is 20.1. The van der Waals surface area contributed by atoms with Gasteiger partial charge in [-0.1, -0.05) is 53.5 Å². The van der Waals surface area contributed by atoms with E-state index in [-0.39, 0.29) is 17.4 Å². The van der Waals surface area contributed by atoms with E-state index in [1.807, 2.05) is 45.0 Å². The molecule has 0 fully saturated rings. The monoisotopic (exact) mass is 416 g/mol. The first-order valence-electron chi connectivity index (χ1n) is 9.98. The second kappa shape index (κ2) is 8.75. The van der Waals surface area contributed by atoms with Gasteiger partial charge in [0.05, 0.1) is 5.41 Å². The fraction of sp³-hybridized carbons (Fsp3) is 0.583. The highest BCUT2D eigenvalue weighted by Crippen LogP contribution is 2.37. The number of Topliss-reactive ketones (excluding diaryl/α,β-unsaturated/α-hetero) is 1. The standard InChI is InChI=1S/C24H36O4Si/c1-22(2,3)21(26)24(7,8)17-27-20(25)15-14-18-12-11-13-19(16-18)28-29(9,10)23(4,5)6/h11-13,16H,17H2,1-10H3. The van der Waals surface area contributed by atoms with E-state index in [0.29, 0.717) is 5.56 Å². The zero-order chi connectivity index (χ0) is 22.7. The van der Waals surface area contributed by atoms with Crippen molar-refractivity contribution in [2.24, 2.45) is 10.8 Å². The van der Waals surface area contributed by atoms with Crippen LogP contribution >= 0.6 is 0 Å². The Bertz CT molecular complexity index is 812. The molecule has 160 valence electrons. The van der Waals surface area contributed by atoms with Crippen molar-refractivity contribution in [3.63, 3.8) is 0 Å². The molecule has 4 nitrogen and oxygen atoms in total. The van der Waals surface area contributed by atoms with Gasteiger partial charge in [-0.2, -0.15) is 0 Å². The predicted octanol–water partition coefficient (Wildman–Crippen LogP) is 5.61. The van der Waals surface area contributed by atoms with Crippen LogP contribution in [0.25, 0.3) is 0 Å². The van der Waals surface area contributed by atoms with E-state index >= 15 is 0 Å². The smallest absolute Gasteiger partial charge is 0.384 e. The van der Waals surface area contributed by atoms with Crippen molar-refractivity contribution in [3.8, 4) is 17.6 Å². The van der Waals surface area contributed by atoms with Crippen molar-refractivity contribution in [2.45, 2.75) is 73.5 Å². The zero-order valence-electron chi connectivity index (χ0n) is 19.6. The third kappa shape index (κ3) is 7.36. The summed E-state index contributed by atoms with van der Waals surface area (Å²) in [6.07, 6.45) is 0. The van der Waals surface area contributed by atoms with E-state index in [0.717, 1.165) is 5.75 Å². The van der Waals surface area contributed by atoms with E-state index in [2.05, 4.69) is 45.7 Å². The van der Waals surface area contributed by atoms with Gasteiger partial charge in [-0.05, 0) is 50.2 Å². The zero-order valence-corrected chi connectivity index (χ0v) is 20.6. The molecule has 0 amide bonds. The van der Waals surface area contributed by atoms with Gasteiger partial charge in [0.2, 0.25) is 8.32 Å². The molecule has 0 unspecified atom stereocenters. The van der Waals surface area contributed by atoms with Gasteiger partial charge in [0, 0.05) is 16.9 Å². The third-order valence-electron chi connectivity index (χ3n) is 5.18. The molecule has 0 radical (unpaired) electrons. The van der Waals surface area contributed by atoms with Gasteiger partial charge in [-0.15, -0.1) is 0 Å². The summed E-state index contributed by atoms with van der Waals surface area (Å²) in [7, 11) is -1.95. The highest BCUT2D eigenvalue weighted by molar-refractivity contribution is 6.74. The fourth-order valence-electron chi connectivity index (χ4n) is 2.57. The predicted molar refractivity (Wildman–Crippen MR) is 120 cm³/mol. The topological polar surface area (TPSA) is 52.6 Å². The molecule has 5 heteroatoms. The van der Waals surface area contributed by atoms with Gasteiger partial charge in [0.25, 0.3) is 0 Å². The number of ether oxygens (including phenoxy) is 1. The van der Waals surface area contributed by atoms with Crippen molar-refractivity contribution < 1.29 is 18.8 Å². The molecule has 0 saturated carbocycles. The van der Waals surface area contributed by atoms with Crippen LogP contribution in [0.4, 0.5) is 0 Å². The lowest BCUT2D eigenvalue weighted by Crippen LogP contribution is -2.43. The van der Waals surface area contributed by atoms with Crippen LogP contribution in [-0.4, -0.2) is 26.7 Å². The average Bonchev–Trinajstić information content (AvgIpc) is 2.55.